The van der Waals surface area contributed by atoms with Crippen molar-refractivity contribution >= 4 is 15.9 Å². The van der Waals surface area contributed by atoms with Gasteiger partial charge in [-0.25, -0.2) is 8.42 Å². The molecule has 2 aliphatic rings. The standard InChI is InChI=1S/C24H31N3O5S/c1-31-22-10-9-20(17-23(22)33(29,30)27-11-5-6-12-27)24(28)25-21(19-7-3-2-4-8-19)18-26-13-15-32-16-14-26/h2-4,7-10,17,21H,5-6,11-16,18H2,1H3,(H,25,28)/t21-/m1/s1. The minimum atomic E-state index is -3.73. The highest BCUT2D eigenvalue weighted by atomic mass is 32.2. The first-order valence-corrected chi connectivity index (χ1v) is 12.8. The summed E-state index contributed by atoms with van der Waals surface area (Å²) in [5.41, 5.74) is 1.28. The molecular formula is C24H31N3O5S. The maximum atomic E-state index is 13.3. The molecule has 178 valence electrons. The molecule has 33 heavy (non-hydrogen) atoms. The van der Waals surface area contributed by atoms with Crippen LogP contribution >= 0.6 is 0 Å². The first-order valence-electron chi connectivity index (χ1n) is 11.3. The largest absolute Gasteiger partial charge is 0.495 e. The molecule has 0 bridgehead atoms. The zero-order chi connectivity index (χ0) is 23.3. The number of amides is 1. The van der Waals surface area contributed by atoms with Crippen molar-refractivity contribution in [3.8, 4) is 5.75 Å². The van der Waals surface area contributed by atoms with Gasteiger partial charge < -0.3 is 14.8 Å². The summed E-state index contributed by atoms with van der Waals surface area (Å²) in [5.74, 6) is -0.0796. The van der Waals surface area contributed by atoms with Crippen molar-refractivity contribution in [1.29, 1.82) is 0 Å². The quantitative estimate of drug-likeness (QED) is 0.633. The Balaban J connectivity index is 1.59. The number of nitrogens with zero attached hydrogens (tertiary/aromatic N) is 2. The van der Waals surface area contributed by atoms with Crippen LogP contribution in [0.15, 0.2) is 53.4 Å². The van der Waals surface area contributed by atoms with Crippen molar-refractivity contribution in [1.82, 2.24) is 14.5 Å². The van der Waals surface area contributed by atoms with Crippen molar-refractivity contribution < 1.29 is 22.7 Å². The molecule has 0 saturated carbocycles. The number of carbonyl (C=O) groups is 1. The van der Waals surface area contributed by atoms with Gasteiger partial charge in [0.1, 0.15) is 10.6 Å². The van der Waals surface area contributed by atoms with Crippen LogP contribution < -0.4 is 10.1 Å². The summed E-state index contributed by atoms with van der Waals surface area (Å²) in [6, 6.07) is 14.2. The fourth-order valence-corrected chi connectivity index (χ4v) is 5.99. The molecule has 2 heterocycles. The smallest absolute Gasteiger partial charge is 0.251 e. The molecular weight excluding hydrogens is 442 g/mol. The Kier molecular flexibility index (Phi) is 7.64. The zero-order valence-corrected chi connectivity index (χ0v) is 19.7. The van der Waals surface area contributed by atoms with Crippen LogP contribution in [0.25, 0.3) is 0 Å². The molecule has 1 amide bonds. The van der Waals surface area contributed by atoms with E-state index in [1.807, 2.05) is 30.3 Å². The first-order chi connectivity index (χ1) is 16.0. The number of benzene rings is 2. The van der Waals surface area contributed by atoms with Crippen molar-refractivity contribution in [2.24, 2.45) is 0 Å². The predicted molar refractivity (Wildman–Crippen MR) is 125 cm³/mol. The van der Waals surface area contributed by atoms with E-state index < -0.39 is 10.0 Å². The fourth-order valence-electron chi connectivity index (χ4n) is 4.29. The number of rotatable bonds is 8. The van der Waals surface area contributed by atoms with Crippen LogP contribution in [0.5, 0.6) is 5.75 Å². The lowest BCUT2D eigenvalue weighted by Crippen LogP contribution is -2.43. The van der Waals surface area contributed by atoms with E-state index in [1.165, 1.54) is 17.5 Å². The minimum Gasteiger partial charge on any atom is -0.495 e. The second-order valence-corrected chi connectivity index (χ2v) is 10.2. The number of nitrogens with one attached hydrogen (secondary N) is 1. The second-order valence-electron chi connectivity index (χ2n) is 8.33. The number of sulfonamides is 1. The van der Waals surface area contributed by atoms with Crippen molar-refractivity contribution in [2.75, 3.05) is 53.0 Å². The van der Waals surface area contributed by atoms with E-state index in [2.05, 4.69) is 10.2 Å². The first kappa shape index (κ1) is 23.7. The Morgan fingerprint density at radius 2 is 1.76 bits per heavy atom. The third kappa shape index (κ3) is 5.55. The number of hydrogen-bond donors (Lipinski definition) is 1. The highest BCUT2D eigenvalue weighted by Crippen LogP contribution is 2.30. The molecule has 0 aromatic heterocycles. The second kappa shape index (κ2) is 10.6. The van der Waals surface area contributed by atoms with Gasteiger partial charge in [-0.3, -0.25) is 9.69 Å². The average molecular weight is 474 g/mol. The Morgan fingerprint density at radius 3 is 2.42 bits per heavy atom. The summed E-state index contributed by atoms with van der Waals surface area (Å²) in [7, 11) is -2.30. The Morgan fingerprint density at radius 1 is 1.06 bits per heavy atom. The number of ether oxygens (including phenoxy) is 2. The van der Waals surface area contributed by atoms with Gasteiger partial charge in [0, 0.05) is 38.3 Å². The maximum Gasteiger partial charge on any atom is 0.251 e. The average Bonchev–Trinajstić information content (AvgIpc) is 3.40. The van der Waals surface area contributed by atoms with Gasteiger partial charge in [0.15, 0.2) is 0 Å². The van der Waals surface area contributed by atoms with Crippen LogP contribution in [-0.4, -0.2) is 76.6 Å². The monoisotopic (exact) mass is 473 g/mol. The predicted octanol–water partition coefficient (Wildman–Crippen LogP) is 2.28. The molecule has 0 aliphatic carbocycles. The van der Waals surface area contributed by atoms with Crippen molar-refractivity contribution in [3.05, 3.63) is 59.7 Å². The molecule has 1 N–H and O–H groups in total. The van der Waals surface area contributed by atoms with Gasteiger partial charge in [-0.15, -0.1) is 0 Å². The van der Waals surface area contributed by atoms with Gasteiger partial charge in [0.25, 0.3) is 5.91 Å². The fraction of sp³-hybridized carbons (Fsp3) is 0.458. The lowest BCUT2D eigenvalue weighted by Gasteiger charge is -2.31. The normalized spacial score (nSPS) is 18.7. The van der Waals surface area contributed by atoms with E-state index in [4.69, 9.17) is 9.47 Å². The van der Waals surface area contributed by atoms with Crippen LogP contribution in [0.2, 0.25) is 0 Å². The van der Waals surface area contributed by atoms with Crippen molar-refractivity contribution in [2.45, 2.75) is 23.8 Å². The third-order valence-electron chi connectivity index (χ3n) is 6.16. The molecule has 1 atom stereocenters. The summed E-state index contributed by atoms with van der Waals surface area (Å²) in [4.78, 5) is 15.6. The van der Waals surface area contributed by atoms with E-state index in [0.717, 1.165) is 31.5 Å². The van der Waals surface area contributed by atoms with Crippen LogP contribution in [0.3, 0.4) is 0 Å². The topological polar surface area (TPSA) is 88.2 Å². The summed E-state index contributed by atoms with van der Waals surface area (Å²) >= 11 is 0. The summed E-state index contributed by atoms with van der Waals surface area (Å²) in [5, 5.41) is 3.11. The highest BCUT2D eigenvalue weighted by molar-refractivity contribution is 7.89. The lowest BCUT2D eigenvalue weighted by molar-refractivity contribution is 0.0332. The number of methoxy groups -OCH3 is 1. The van der Waals surface area contributed by atoms with E-state index in [9.17, 15) is 13.2 Å². The molecule has 2 aliphatic heterocycles. The molecule has 2 saturated heterocycles. The molecule has 0 spiro atoms. The lowest BCUT2D eigenvalue weighted by atomic mass is 10.1. The Hall–Kier alpha value is -2.46. The Labute approximate surface area is 195 Å². The highest BCUT2D eigenvalue weighted by Gasteiger charge is 2.31. The summed E-state index contributed by atoms with van der Waals surface area (Å²) in [6.45, 7) is 4.57. The van der Waals surface area contributed by atoms with Gasteiger partial charge >= 0.3 is 0 Å². The van der Waals surface area contributed by atoms with E-state index in [-0.39, 0.29) is 28.2 Å². The van der Waals surface area contributed by atoms with E-state index in [1.54, 1.807) is 12.1 Å². The molecule has 0 radical (unpaired) electrons. The van der Waals surface area contributed by atoms with Gasteiger partial charge in [-0.1, -0.05) is 30.3 Å². The van der Waals surface area contributed by atoms with Gasteiger partial charge in [-0.2, -0.15) is 4.31 Å². The van der Waals surface area contributed by atoms with Crippen molar-refractivity contribution in [3.63, 3.8) is 0 Å². The van der Waals surface area contributed by atoms with Gasteiger partial charge in [-0.05, 0) is 36.6 Å². The molecule has 0 unspecified atom stereocenters. The van der Waals surface area contributed by atoms with E-state index in [0.29, 0.717) is 32.8 Å². The molecule has 8 nitrogen and oxygen atoms in total. The Bertz CT molecular complexity index is 1050. The molecule has 4 rings (SSSR count). The third-order valence-corrected chi connectivity index (χ3v) is 8.08. The number of morpholine rings is 1. The maximum absolute atomic E-state index is 13.3. The number of hydrogen-bond acceptors (Lipinski definition) is 6. The van der Waals surface area contributed by atoms with Crippen LogP contribution in [0.4, 0.5) is 0 Å². The summed E-state index contributed by atoms with van der Waals surface area (Å²) < 4.78 is 38.6. The van der Waals surface area contributed by atoms with Crippen LogP contribution in [-0.2, 0) is 14.8 Å². The molecule has 2 aromatic carbocycles. The minimum absolute atomic E-state index is 0.0315. The number of carbonyl (C=O) groups excluding carboxylic acids is 1. The summed E-state index contributed by atoms with van der Waals surface area (Å²) in [6.07, 6.45) is 1.67. The SMILES string of the molecule is COc1ccc(C(=O)N[C@H](CN2CCOCC2)c2ccccc2)cc1S(=O)(=O)N1CCCC1. The van der Waals surface area contributed by atoms with Crippen LogP contribution in [0.1, 0.15) is 34.8 Å². The molecule has 2 aromatic rings. The van der Waals surface area contributed by atoms with E-state index >= 15 is 0 Å². The molecule has 9 heteroatoms. The van der Waals surface area contributed by atoms with Gasteiger partial charge in [0.2, 0.25) is 10.0 Å². The zero-order valence-electron chi connectivity index (χ0n) is 18.9. The van der Waals surface area contributed by atoms with Crippen LogP contribution in [0, 0.1) is 0 Å². The van der Waals surface area contributed by atoms with Gasteiger partial charge in [0.05, 0.1) is 26.4 Å². The molecule has 2 fully saturated rings.